The molecule has 10 heteroatoms. The van der Waals surface area contributed by atoms with Gasteiger partial charge in [-0.15, -0.1) is 11.8 Å². The summed E-state index contributed by atoms with van der Waals surface area (Å²) in [5.74, 6) is 1.92. The van der Waals surface area contributed by atoms with Crippen molar-refractivity contribution in [3.63, 3.8) is 0 Å². The smallest absolute Gasteiger partial charge is 0.242 e. The number of benzene rings is 3. The number of piperazine rings is 1. The van der Waals surface area contributed by atoms with E-state index in [0.717, 1.165) is 21.9 Å². The first kappa shape index (κ1) is 28.5. The standard InChI is InChI=1S/C33H33N5O4S/c1-41-26-11-9-24(10-12-26)30-33(43-28-15-13-27(42-2)14-16-28,23-29(39)38(30)25-7-4-3-5-8-25)31(40)36-19-21-37(22-20-36)32-34-17-6-18-35-32/h3-18,30H,19-23H2,1-2H3/t30-,33-/m1/s1. The summed E-state index contributed by atoms with van der Waals surface area (Å²) in [5, 5.41) is 0. The summed E-state index contributed by atoms with van der Waals surface area (Å²) in [6.45, 7) is 2.19. The Bertz CT molecular complexity index is 1550. The number of carbonyl (C=O) groups excluding carboxylic acids is 2. The average molecular weight is 596 g/mol. The maximum atomic E-state index is 14.9. The zero-order chi connectivity index (χ0) is 29.8. The number of carbonyl (C=O) groups is 2. The summed E-state index contributed by atoms with van der Waals surface area (Å²) in [6.07, 6.45) is 3.50. The lowest BCUT2D eigenvalue weighted by atomic mass is 9.90. The Morgan fingerprint density at radius 1 is 0.814 bits per heavy atom. The minimum Gasteiger partial charge on any atom is -0.497 e. The van der Waals surface area contributed by atoms with E-state index < -0.39 is 10.8 Å². The molecule has 0 bridgehead atoms. The molecule has 0 spiro atoms. The molecule has 2 saturated heterocycles. The molecule has 0 N–H and O–H groups in total. The van der Waals surface area contributed by atoms with Crippen molar-refractivity contribution < 1.29 is 19.1 Å². The summed E-state index contributed by atoms with van der Waals surface area (Å²) in [4.78, 5) is 44.5. The van der Waals surface area contributed by atoms with E-state index in [4.69, 9.17) is 9.47 Å². The van der Waals surface area contributed by atoms with Gasteiger partial charge in [-0.2, -0.15) is 0 Å². The highest BCUT2D eigenvalue weighted by atomic mass is 32.2. The second kappa shape index (κ2) is 12.3. The van der Waals surface area contributed by atoms with E-state index in [1.54, 1.807) is 37.6 Å². The molecule has 43 heavy (non-hydrogen) atoms. The van der Waals surface area contributed by atoms with Gasteiger partial charge < -0.3 is 24.2 Å². The van der Waals surface area contributed by atoms with Gasteiger partial charge >= 0.3 is 0 Å². The Hall–Kier alpha value is -4.57. The van der Waals surface area contributed by atoms with Gasteiger partial charge in [0.25, 0.3) is 0 Å². The number of amides is 2. The number of para-hydroxylation sites is 1. The third-order valence-corrected chi connectivity index (χ3v) is 9.39. The van der Waals surface area contributed by atoms with Crippen LogP contribution in [0.5, 0.6) is 11.5 Å². The zero-order valence-corrected chi connectivity index (χ0v) is 24.9. The number of aromatic nitrogens is 2. The second-order valence-electron chi connectivity index (χ2n) is 10.4. The van der Waals surface area contributed by atoms with Crippen molar-refractivity contribution in [3.8, 4) is 11.5 Å². The monoisotopic (exact) mass is 595 g/mol. The Kier molecular flexibility index (Phi) is 8.20. The van der Waals surface area contributed by atoms with E-state index in [2.05, 4.69) is 14.9 Å². The van der Waals surface area contributed by atoms with Gasteiger partial charge in [0.15, 0.2) is 0 Å². The molecule has 1 aromatic heterocycles. The van der Waals surface area contributed by atoms with Gasteiger partial charge in [-0.05, 0) is 60.2 Å². The molecule has 4 aromatic rings. The predicted molar refractivity (Wildman–Crippen MR) is 167 cm³/mol. The lowest BCUT2D eigenvalue weighted by molar-refractivity contribution is -0.135. The fraction of sp³-hybridized carbons (Fsp3) is 0.273. The van der Waals surface area contributed by atoms with Gasteiger partial charge in [0.05, 0.1) is 26.7 Å². The highest BCUT2D eigenvalue weighted by Crippen LogP contribution is 2.55. The van der Waals surface area contributed by atoms with Crippen LogP contribution >= 0.6 is 11.8 Å². The number of nitrogens with zero attached hydrogens (tertiary/aromatic N) is 5. The number of methoxy groups -OCH3 is 2. The molecule has 3 heterocycles. The van der Waals surface area contributed by atoms with Gasteiger partial charge in [-0.25, -0.2) is 9.97 Å². The lowest BCUT2D eigenvalue weighted by Gasteiger charge is -2.42. The van der Waals surface area contributed by atoms with E-state index in [9.17, 15) is 9.59 Å². The van der Waals surface area contributed by atoms with Crippen LogP contribution in [-0.2, 0) is 9.59 Å². The van der Waals surface area contributed by atoms with E-state index in [1.807, 2.05) is 83.8 Å². The maximum absolute atomic E-state index is 14.9. The molecule has 2 fully saturated rings. The molecule has 9 nitrogen and oxygen atoms in total. The van der Waals surface area contributed by atoms with E-state index in [0.29, 0.717) is 37.9 Å². The number of hydrogen-bond acceptors (Lipinski definition) is 8. The fourth-order valence-electron chi connectivity index (χ4n) is 5.86. The van der Waals surface area contributed by atoms with Crippen LogP contribution in [0, 0.1) is 0 Å². The Labute approximate surface area is 255 Å². The highest BCUT2D eigenvalue weighted by Gasteiger charge is 2.59. The normalized spacial score (nSPS) is 20.3. The number of rotatable bonds is 8. The molecular weight excluding hydrogens is 562 g/mol. The first-order chi connectivity index (χ1) is 21.0. The SMILES string of the molecule is COc1ccc(S[C@]2(C(=O)N3CCN(c4ncccn4)CC3)CC(=O)N(c3ccccc3)[C@@H]2c2ccc(OC)cc2)cc1. The quantitative estimate of drug-likeness (QED) is 0.286. The summed E-state index contributed by atoms with van der Waals surface area (Å²) in [5.41, 5.74) is 1.62. The Balaban J connectivity index is 1.42. The van der Waals surface area contributed by atoms with Crippen molar-refractivity contribution in [2.24, 2.45) is 0 Å². The van der Waals surface area contributed by atoms with Crippen LogP contribution in [-0.4, -0.2) is 71.8 Å². The molecule has 0 saturated carbocycles. The molecule has 2 atom stereocenters. The van der Waals surface area contributed by atoms with Crippen LogP contribution in [0.2, 0.25) is 0 Å². The third-order valence-electron chi connectivity index (χ3n) is 7.97. The molecule has 6 rings (SSSR count). The summed E-state index contributed by atoms with van der Waals surface area (Å²) < 4.78 is 9.68. The Morgan fingerprint density at radius 2 is 1.42 bits per heavy atom. The van der Waals surface area contributed by atoms with Gasteiger partial charge in [0.1, 0.15) is 16.2 Å². The van der Waals surface area contributed by atoms with E-state index in [1.165, 1.54) is 11.8 Å². The first-order valence-corrected chi connectivity index (χ1v) is 15.0. The molecule has 0 radical (unpaired) electrons. The summed E-state index contributed by atoms with van der Waals surface area (Å²) in [6, 6.07) is 26.2. The highest BCUT2D eigenvalue weighted by molar-refractivity contribution is 8.01. The number of ether oxygens (including phenoxy) is 2. The van der Waals surface area contributed by atoms with Crippen LogP contribution < -0.4 is 19.3 Å². The van der Waals surface area contributed by atoms with Crippen molar-refractivity contribution in [2.75, 3.05) is 50.2 Å². The molecule has 220 valence electrons. The fourth-order valence-corrected chi connectivity index (χ4v) is 7.32. The number of thioether (sulfide) groups is 1. The molecule has 2 aliphatic heterocycles. The van der Waals surface area contributed by atoms with Crippen molar-refractivity contribution in [2.45, 2.75) is 22.1 Å². The lowest BCUT2D eigenvalue weighted by Crippen LogP contribution is -2.56. The van der Waals surface area contributed by atoms with Gasteiger partial charge in [-0.1, -0.05) is 30.3 Å². The van der Waals surface area contributed by atoms with Crippen LogP contribution in [0.4, 0.5) is 11.6 Å². The van der Waals surface area contributed by atoms with Crippen molar-refractivity contribution in [1.82, 2.24) is 14.9 Å². The molecule has 2 amide bonds. The minimum absolute atomic E-state index is 0.0517. The minimum atomic E-state index is -1.14. The second-order valence-corrected chi connectivity index (χ2v) is 11.9. The van der Waals surface area contributed by atoms with Gasteiger partial charge in [-0.3, -0.25) is 9.59 Å². The van der Waals surface area contributed by atoms with E-state index >= 15 is 0 Å². The largest absolute Gasteiger partial charge is 0.497 e. The average Bonchev–Trinajstić information content (AvgIpc) is 3.37. The topological polar surface area (TPSA) is 88.1 Å². The van der Waals surface area contributed by atoms with Crippen LogP contribution in [0.25, 0.3) is 0 Å². The maximum Gasteiger partial charge on any atom is 0.242 e. The third kappa shape index (κ3) is 5.62. The number of hydrogen-bond donors (Lipinski definition) is 0. The predicted octanol–water partition coefficient (Wildman–Crippen LogP) is 4.85. The van der Waals surface area contributed by atoms with Crippen LogP contribution in [0.3, 0.4) is 0 Å². The molecule has 0 aliphatic carbocycles. The molecule has 2 aliphatic rings. The van der Waals surface area contributed by atoms with Crippen molar-refractivity contribution in [3.05, 3.63) is 103 Å². The molecular formula is C33H33N5O4S. The van der Waals surface area contributed by atoms with Crippen molar-refractivity contribution in [1.29, 1.82) is 0 Å². The number of anilines is 2. The van der Waals surface area contributed by atoms with Gasteiger partial charge in [0, 0.05) is 49.2 Å². The van der Waals surface area contributed by atoms with Crippen molar-refractivity contribution >= 4 is 35.2 Å². The summed E-state index contributed by atoms with van der Waals surface area (Å²) >= 11 is 1.45. The van der Waals surface area contributed by atoms with Crippen LogP contribution in [0.15, 0.2) is 102 Å². The van der Waals surface area contributed by atoms with Gasteiger partial charge in [0.2, 0.25) is 17.8 Å². The Morgan fingerprint density at radius 3 is 2.02 bits per heavy atom. The zero-order valence-electron chi connectivity index (χ0n) is 24.1. The summed E-state index contributed by atoms with van der Waals surface area (Å²) in [7, 11) is 3.25. The molecule has 3 aromatic carbocycles. The first-order valence-electron chi connectivity index (χ1n) is 14.2. The van der Waals surface area contributed by atoms with E-state index in [-0.39, 0.29) is 18.2 Å². The van der Waals surface area contributed by atoms with Crippen LogP contribution in [0.1, 0.15) is 18.0 Å². The molecule has 0 unspecified atom stereocenters.